The SMILES string of the molecule is CCCN1CCCC(CO)(NCC(F)(F)F)CC1. The maximum atomic E-state index is 12.3. The summed E-state index contributed by atoms with van der Waals surface area (Å²) in [5, 5.41) is 12.0. The zero-order chi connectivity index (χ0) is 13.6. The molecule has 0 spiro atoms. The molecule has 1 aliphatic rings. The molecule has 0 aliphatic carbocycles. The smallest absolute Gasteiger partial charge is 0.394 e. The summed E-state index contributed by atoms with van der Waals surface area (Å²) in [4.78, 5) is 2.26. The first-order valence-electron chi connectivity index (χ1n) is 6.56. The lowest BCUT2D eigenvalue weighted by atomic mass is 9.91. The number of nitrogens with zero attached hydrogens (tertiary/aromatic N) is 1. The van der Waals surface area contributed by atoms with Crippen LogP contribution in [0.15, 0.2) is 0 Å². The first kappa shape index (κ1) is 15.7. The van der Waals surface area contributed by atoms with Crippen LogP contribution in [0, 0.1) is 0 Å². The van der Waals surface area contributed by atoms with Gasteiger partial charge in [-0.25, -0.2) is 0 Å². The summed E-state index contributed by atoms with van der Waals surface area (Å²) >= 11 is 0. The van der Waals surface area contributed by atoms with Crippen molar-refractivity contribution in [3.05, 3.63) is 0 Å². The van der Waals surface area contributed by atoms with Gasteiger partial charge in [0.15, 0.2) is 0 Å². The molecule has 0 radical (unpaired) electrons. The van der Waals surface area contributed by atoms with Crippen LogP contribution in [0.5, 0.6) is 0 Å². The van der Waals surface area contributed by atoms with Crippen LogP contribution in [0.25, 0.3) is 0 Å². The number of rotatable bonds is 5. The maximum absolute atomic E-state index is 12.3. The van der Waals surface area contributed by atoms with Gasteiger partial charge >= 0.3 is 6.18 Å². The van der Waals surface area contributed by atoms with Gasteiger partial charge in [0.1, 0.15) is 0 Å². The van der Waals surface area contributed by atoms with Crippen molar-refractivity contribution in [2.24, 2.45) is 0 Å². The second kappa shape index (κ2) is 6.73. The van der Waals surface area contributed by atoms with E-state index in [4.69, 9.17) is 0 Å². The second-order valence-corrected chi connectivity index (χ2v) is 5.10. The molecule has 108 valence electrons. The van der Waals surface area contributed by atoms with Gasteiger partial charge in [-0.15, -0.1) is 0 Å². The molecule has 2 N–H and O–H groups in total. The van der Waals surface area contributed by atoms with E-state index in [0.717, 1.165) is 32.5 Å². The Bertz CT molecular complexity index is 248. The minimum absolute atomic E-state index is 0.233. The van der Waals surface area contributed by atoms with Crippen molar-refractivity contribution >= 4 is 0 Å². The van der Waals surface area contributed by atoms with Crippen molar-refractivity contribution in [1.82, 2.24) is 10.2 Å². The van der Waals surface area contributed by atoms with E-state index >= 15 is 0 Å². The molecule has 1 fully saturated rings. The Hall–Kier alpha value is -0.330. The third-order valence-electron chi connectivity index (χ3n) is 3.54. The topological polar surface area (TPSA) is 35.5 Å². The van der Waals surface area contributed by atoms with Crippen molar-refractivity contribution < 1.29 is 18.3 Å². The first-order valence-corrected chi connectivity index (χ1v) is 6.56. The highest BCUT2D eigenvalue weighted by molar-refractivity contribution is 4.91. The van der Waals surface area contributed by atoms with E-state index in [1.54, 1.807) is 0 Å². The standard InChI is InChI=1S/C12H23F3N2O/c1-2-6-17-7-3-4-11(10-18,5-8-17)16-9-12(13,14)15/h16,18H,2-10H2,1H3. The fraction of sp³-hybridized carbons (Fsp3) is 1.00. The number of nitrogens with one attached hydrogen (secondary N) is 1. The molecule has 3 nitrogen and oxygen atoms in total. The summed E-state index contributed by atoms with van der Waals surface area (Å²) in [6, 6.07) is 0. The second-order valence-electron chi connectivity index (χ2n) is 5.10. The summed E-state index contributed by atoms with van der Waals surface area (Å²) in [5.41, 5.74) is -0.766. The molecule has 6 heteroatoms. The van der Waals surface area contributed by atoms with Crippen LogP contribution >= 0.6 is 0 Å². The molecule has 1 unspecified atom stereocenters. The Morgan fingerprint density at radius 2 is 2.00 bits per heavy atom. The van der Waals surface area contributed by atoms with Gasteiger partial charge in [0, 0.05) is 5.54 Å². The first-order chi connectivity index (χ1) is 8.41. The molecule has 0 amide bonds. The summed E-state index contributed by atoms with van der Waals surface area (Å²) in [6.07, 6.45) is -1.19. The number of alkyl halides is 3. The largest absolute Gasteiger partial charge is 0.401 e. The van der Waals surface area contributed by atoms with Crippen LogP contribution in [0.3, 0.4) is 0 Å². The van der Waals surface area contributed by atoms with Gasteiger partial charge in [-0.05, 0) is 45.3 Å². The van der Waals surface area contributed by atoms with Crippen LogP contribution in [0.1, 0.15) is 32.6 Å². The van der Waals surface area contributed by atoms with Crippen LogP contribution < -0.4 is 5.32 Å². The highest BCUT2D eigenvalue weighted by atomic mass is 19.4. The van der Waals surface area contributed by atoms with Gasteiger partial charge in [0.2, 0.25) is 0 Å². The Morgan fingerprint density at radius 1 is 1.28 bits per heavy atom. The number of aliphatic hydroxyl groups excluding tert-OH is 1. The van der Waals surface area contributed by atoms with Gasteiger partial charge in [-0.3, -0.25) is 0 Å². The Balaban J connectivity index is 2.53. The molecular weight excluding hydrogens is 245 g/mol. The van der Waals surface area contributed by atoms with Crippen LogP contribution in [-0.2, 0) is 0 Å². The van der Waals surface area contributed by atoms with Gasteiger partial charge in [-0.1, -0.05) is 6.92 Å². The predicted octanol–water partition coefficient (Wildman–Crippen LogP) is 1.77. The normalized spacial score (nSPS) is 27.2. The average molecular weight is 268 g/mol. The van der Waals surface area contributed by atoms with Crippen LogP contribution in [0.4, 0.5) is 13.2 Å². The quantitative estimate of drug-likeness (QED) is 0.797. The van der Waals surface area contributed by atoms with Crippen molar-refractivity contribution in [2.75, 3.05) is 32.8 Å². The minimum Gasteiger partial charge on any atom is -0.394 e. The molecule has 18 heavy (non-hydrogen) atoms. The molecule has 1 rings (SSSR count). The molecule has 0 saturated carbocycles. The fourth-order valence-corrected chi connectivity index (χ4v) is 2.47. The molecule has 1 atom stereocenters. The van der Waals surface area contributed by atoms with E-state index in [2.05, 4.69) is 17.1 Å². The third kappa shape index (κ3) is 5.12. The molecule has 0 aromatic carbocycles. The number of hydrogen-bond acceptors (Lipinski definition) is 3. The number of aliphatic hydroxyl groups is 1. The van der Waals surface area contributed by atoms with Crippen molar-refractivity contribution in [3.63, 3.8) is 0 Å². The Labute approximate surface area is 106 Å². The molecular formula is C12H23F3N2O. The number of hydrogen-bond donors (Lipinski definition) is 2. The van der Waals surface area contributed by atoms with Gasteiger partial charge < -0.3 is 15.3 Å². The number of halogens is 3. The molecule has 0 aromatic rings. The maximum Gasteiger partial charge on any atom is 0.401 e. The van der Waals surface area contributed by atoms with Crippen LogP contribution in [-0.4, -0.2) is 54.5 Å². The van der Waals surface area contributed by atoms with Gasteiger partial charge in [0.25, 0.3) is 0 Å². The third-order valence-corrected chi connectivity index (χ3v) is 3.54. The molecule has 0 bridgehead atoms. The lowest BCUT2D eigenvalue weighted by molar-refractivity contribution is -0.130. The van der Waals surface area contributed by atoms with E-state index in [1.807, 2.05) is 0 Å². The van der Waals surface area contributed by atoms with E-state index in [0.29, 0.717) is 12.8 Å². The van der Waals surface area contributed by atoms with Crippen molar-refractivity contribution in [3.8, 4) is 0 Å². The van der Waals surface area contributed by atoms with E-state index in [-0.39, 0.29) is 6.61 Å². The minimum atomic E-state index is -4.22. The molecule has 1 saturated heterocycles. The summed E-state index contributed by atoms with van der Waals surface area (Å²) in [5.74, 6) is 0. The predicted molar refractivity (Wildman–Crippen MR) is 64.5 cm³/mol. The fourth-order valence-electron chi connectivity index (χ4n) is 2.47. The number of likely N-dealkylation sites (tertiary alicyclic amines) is 1. The monoisotopic (exact) mass is 268 g/mol. The van der Waals surface area contributed by atoms with Crippen LogP contribution in [0.2, 0.25) is 0 Å². The summed E-state index contributed by atoms with van der Waals surface area (Å²) in [7, 11) is 0. The molecule has 0 aromatic heterocycles. The molecule has 1 heterocycles. The zero-order valence-electron chi connectivity index (χ0n) is 10.9. The lowest BCUT2D eigenvalue weighted by Gasteiger charge is -2.32. The highest BCUT2D eigenvalue weighted by Crippen LogP contribution is 2.24. The van der Waals surface area contributed by atoms with Crippen molar-refractivity contribution in [2.45, 2.75) is 44.3 Å². The Kier molecular flexibility index (Phi) is 5.88. The summed E-state index contributed by atoms with van der Waals surface area (Å²) < 4.78 is 36.8. The highest BCUT2D eigenvalue weighted by Gasteiger charge is 2.36. The van der Waals surface area contributed by atoms with E-state index < -0.39 is 18.3 Å². The van der Waals surface area contributed by atoms with Gasteiger partial charge in [-0.2, -0.15) is 13.2 Å². The zero-order valence-corrected chi connectivity index (χ0v) is 10.9. The lowest BCUT2D eigenvalue weighted by Crippen LogP contribution is -2.52. The molecule has 1 aliphatic heterocycles. The Morgan fingerprint density at radius 3 is 2.56 bits per heavy atom. The van der Waals surface area contributed by atoms with E-state index in [1.165, 1.54) is 0 Å². The average Bonchev–Trinajstić information content (AvgIpc) is 2.50. The van der Waals surface area contributed by atoms with E-state index in [9.17, 15) is 18.3 Å². The van der Waals surface area contributed by atoms with Crippen molar-refractivity contribution in [1.29, 1.82) is 0 Å². The summed E-state index contributed by atoms with van der Waals surface area (Å²) in [6.45, 7) is 3.46. The van der Waals surface area contributed by atoms with Gasteiger partial charge in [0.05, 0.1) is 13.2 Å².